The summed E-state index contributed by atoms with van der Waals surface area (Å²) in [5.41, 5.74) is -0.547. The number of alkyl halides is 3. The molecule has 10 nitrogen and oxygen atoms in total. The maximum Gasteiger partial charge on any atom is 0.417 e. The second-order valence-electron chi connectivity index (χ2n) is 8.14. The first-order valence-corrected chi connectivity index (χ1v) is 13.5. The summed E-state index contributed by atoms with van der Waals surface area (Å²) in [6.07, 6.45) is -3.21. The molecule has 0 bridgehead atoms. The lowest BCUT2D eigenvalue weighted by molar-refractivity contribution is -0.137. The molecule has 0 radical (unpaired) electrons. The Morgan fingerprint density at radius 1 is 0.881 bits per heavy atom. The Kier molecular flexibility index (Phi) is 10.5. The number of anilines is 2. The minimum Gasteiger partial charge on any atom is -0.457 e. The van der Waals surface area contributed by atoms with Crippen molar-refractivity contribution in [1.29, 1.82) is 0 Å². The van der Waals surface area contributed by atoms with Crippen molar-refractivity contribution in [2.24, 2.45) is 0 Å². The van der Waals surface area contributed by atoms with Crippen LogP contribution in [0.4, 0.5) is 29.3 Å². The summed E-state index contributed by atoms with van der Waals surface area (Å²) in [7, 11) is -2.52. The normalized spacial score (nSPS) is 11.0. The van der Waals surface area contributed by atoms with Crippen LogP contribution in [0.15, 0.2) is 96.0 Å². The number of hydrogen-bond donors (Lipinski definition) is 4. The Labute approximate surface area is 243 Å². The first kappa shape index (κ1) is 31.9. The molecule has 4 aromatic rings. The van der Waals surface area contributed by atoms with Crippen molar-refractivity contribution < 1.29 is 40.5 Å². The minimum atomic E-state index is -4.64. The summed E-state index contributed by atoms with van der Waals surface area (Å²) in [5.74, 6) is 0.460. The average Bonchev–Trinajstić information content (AvgIpc) is 2.94. The van der Waals surface area contributed by atoms with Crippen LogP contribution in [-0.4, -0.2) is 36.9 Å². The maximum absolute atomic E-state index is 12.9. The Balaban J connectivity index is 0.000000408. The van der Waals surface area contributed by atoms with Crippen LogP contribution >= 0.6 is 11.6 Å². The molecular weight excluding hydrogens is 601 g/mol. The summed E-state index contributed by atoms with van der Waals surface area (Å²) in [5, 5.41) is 6.83. The number of hydrogen-bond acceptors (Lipinski definition) is 6. The van der Waals surface area contributed by atoms with Gasteiger partial charge in [0.2, 0.25) is 0 Å². The molecule has 0 aliphatic heterocycles. The van der Waals surface area contributed by atoms with Gasteiger partial charge in [0.05, 0.1) is 15.5 Å². The van der Waals surface area contributed by atoms with E-state index in [2.05, 4.69) is 20.9 Å². The van der Waals surface area contributed by atoms with E-state index in [4.69, 9.17) is 20.9 Å². The van der Waals surface area contributed by atoms with Crippen LogP contribution in [-0.2, 0) is 16.3 Å². The first-order chi connectivity index (χ1) is 19.8. The number of rotatable bonds is 6. The molecule has 0 unspecified atom stereocenters. The fraction of sp³-hybridized carbons (Fsp3) is 0.0741. The van der Waals surface area contributed by atoms with E-state index in [0.29, 0.717) is 17.2 Å². The van der Waals surface area contributed by atoms with Crippen molar-refractivity contribution in [1.82, 2.24) is 10.3 Å². The Hall–Kier alpha value is -4.66. The molecule has 0 spiro atoms. The van der Waals surface area contributed by atoms with Gasteiger partial charge in [-0.15, -0.1) is 0 Å². The van der Waals surface area contributed by atoms with E-state index in [1.165, 1.54) is 37.5 Å². The maximum atomic E-state index is 12.9. The molecule has 1 aromatic heterocycles. The van der Waals surface area contributed by atoms with Crippen LogP contribution in [0.1, 0.15) is 16.1 Å². The lowest BCUT2D eigenvalue weighted by Gasteiger charge is -2.12. The monoisotopic (exact) mass is 622 g/mol. The zero-order valence-electron chi connectivity index (χ0n) is 21.5. The van der Waals surface area contributed by atoms with Crippen LogP contribution in [0, 0.1) is 0 Å². The third kappa shape index (κ3) is 9.47. The number of halogens is 4. The van der Waals surface area contributed by atoms with Gasteiger partial charge in [-0.25, -0.2) is 4.79 Å². The van der Waals surface area contributed by atoms with Crippen molar-refractivity contribution in [3.8, 4) is 11.5 Å². The molecule has 0 saturated carbocycles. The quantitative estimate of drug-likeness (QED) is 0.180. The largest absolute Gasteiger partial charge is 0.457 e. The molecule has 0 fully saturated rings. The van der Waals surface area contributed by atoms with E-state index in [-0.39, 0.29) is 22.2 Å². The number of nitrogens with one attached hydrogen (secondary N) is 3. The van der Waals surface area contributed by atoms with E-state index in [1.807, 2.05) is 0 Å². The molecule has 3 amide bonds. The summed E-state index contributed by atoms with van der Waals surface area (Å²) in [4.78, 5) is 27.6. The van der Waals surface area contributed by atoms with Gasteiger partial charge in [0.25, 0.3) is 16.0 Å². The fourth-order valence-electron chi connectivity index (χ4n) is 3.18. The average molecular weight is 623 g/mol. The predicted molar refractivity (Wildman–Crippen MR) is 149 cm³/mol. The highest BCUT2D eigenvalue weighted by Gasteiger charge is 2.33. The van der Waals surface area contributed by atoms with Gasteiger partial charge in [0.15, 0.2) is 0 Å². The van der Waals surface area contributed by atoms with E-state index in [0.717, 1.165) is 12.1 Å². The summed E-state index contributed by atoms with van der Waals surface area (Å²) < 4.78 is 73.7. The van der Waals surface area contributed by atoms with Gasteiger partial charge in [-0.3, -0.25) is 14.3 Å². The molecule has 220 valence electrons. The molecule has 0 aliphatic carbocycles. The number of nitrogens with zero attached hydrogens (tertiary/aromatic N) is 1. The van der Waals surface area contributed by atoms with E-state index in [9.17, 15) is 31.2 Å². The molecule has 3 aromatic carbocycles. The fourth-order valence-corrected chi connectivity index (χ4v) is 3.90. The molecule has 0 saturated heterocycles. The van der Waals surface area contributed by atoms with E-state index in [1.54, 1.807) is 48.5 Å². The highest BCUT2D eigenvalue weighted by atomic mass is 35.5. The lowest BCUT2D eigenvalue weighted by atomic mass is 10.2. The molecule has 4 N–H and O–H groups in total. The molecule has 0 atom stereocenters. The van der Waals surface area contributed by atoms with Crippen molar-refractivity contribution >= 4 is 45.0 Å². The predicted octanol–water partition coefficient (Wildman–Crippen LogP) is 6.48. The number of carbonyl (C=O) groups is 2. The summed E-state index contributed by atoms with van der Waals surface area (Å²) >= 11 is 5.57. The SMILES string of the molecule is CNC(=O)c1cc(Oc2ccc(NC(=O)Nc3ccc(Cl)c(C(F)(F)F)c3)cc2)ccn1.O=S(=O)(O)c1ccccc1. The topological polar surface area (TPSA) is 147 Å². The minimum absolute atomic E-state index is 0.0659. The van der Waals surface area contributed by atoms with Crippen molar-refractivity contribution in [2.45, 2.75) is 11.1 Å². The van der Waals surface area contributed by atoms with Gasteiger partial charge in [0, 0.05) is 30.7 Å². The summed E-state index contributed by atoms with van der Waals surface area (Å²) in [6, 6.07) is 19.0. The number of pyridine rings is 1. The van der Waals surface area contributed by atoms with Crippen LogP contribution < -0.4 is 20.7 Å². The molecule has 42 heavy (non-hydrogen) atoms. The molecular formula is C27H22ClF3N4O6S. The summed E-state index contributed by atoms with van der Waals surface area (Å²) in [6.45, 7) is 0. The number of benzene rings is 3. The van der Waals surface area contributed by atoms with Crippen LogP contribution in [0.5, 0.6) is 11.5 Å². The number of amides is 3. The lowest BCUT2D eigenvalue weighted by Crippen LogP contribution is -2.19. The Morgan fingerprint density at radius 2 is 1.50 bits per heavy atom. The smallest absolute Gasteiger partial charge is 0.417 e. The molecule has 4 rings (SSSR count). The highest BCUT2D eigenvalue weighted by molar-refractivity contribution is 7.85. The van der Waals surface area contributed by atoms with Crippen LogP contribution in [0.3, 0.4) is 0 Å². The zero-order chi connectivity index (χ0) is 30.9. The molecule has 1 heterocycles. The first-order valence-electron chi connectivity index (χ1n) is 11.7. The molecule has 0 aliphatic rings. The zero-order valence-corrected chi connectivity index (χ0v) is 23.1. The third-order valence-electron chi connectivity index (χ3n) is 5.11. The number of urea groups is 1. The van der Waals surface area contributed by atoms with E-state index >= 15 is 0 Å². The van der Waals surface area contributed by atoms with Crippen molar-refractivity contribution in [2.75, 3.05) is 17.7 Å². The second kappa shape index (κ2) is 13.8. The number of aromatic nitrogens is 1. The van der Waals surface area contributed by atoms with Crippen LogP contribution in [0.2, 0.25) is 5.02 Å². The number of carbonyl (C=O) groups excluding carboxylic acids is 2. The van der Waals surface area contributed by atoms with Gasteiger partial charge < -0.3 is 20.7 Å². The van der Waals surface area contributed by atoms with E-state index < -0.39 is 32.9 Å². The highest BCUT2D eigenvalue weighted by Crippen LogP contribution is 2.36. The Morgan fingerprint density at radius 3 is 2.07 bits per heavy atom. The standard InChI is InChI=1S/C21H16ClF3N4O3.C6H6O3S/c1-26-19(30)18-11-15(8-9-27-18)32-14-5-2-12(3-6-14)28-20(31)29-13-4-7-17(22)16(10-13)21(23,24)25;7-10(8,9)6-4-2-1-3-5-6/h2-11H,1H3,(H,26,30)(H2,28,29,31);1-5H,(H,7,8,9). The molecule has 15 heteroatoms. The van der Waals surface area contributed by atoms with Gasteiger partial charge in [-0.05, 0) is 60.7 Å². The van der Waals surface area contributed by atoms with Gasteiger partial charge in [-0.1, -0.05) is 29.8 Å². The van der Waals surface area contributed by atoms with Crippen LogP contribution in [0.25, 0.3) is 0 Å². The van der Waals surface area contributed by atoms with Crippen molar-refractivity contribution in [3.05, 3.63) is 107 Å². The van der Waals surface area contributed by atoms with Gasteiger partial charge in [0.1, 0.15) is 17.2 Å². The number of ether oxygens (including phenoxy) is 1. The second-order valence-corrected chi connectivity index (χ2v) is 9.97. The van der Waals surface area contributed by atoms with Gasteiger partial charge >= 0.3 is 12.2 Å². The van der Waals surface area contributed by atoms with Gasteiger partial charge in [-0.2, -0.15) is 21.6 Å². The third-order valence-corrected chi connectivity index (χ3v) is 6.31. The Bertz CT molecular complexity index is 1650. The van der Waals surface area contributed by atoms with Crippen molar-refractivity contribution in [3.63, 3.8) is 0 Å².